The third-order valence-electron chi connectivity index (χ3n) is 5.38. The van der Waals surface area contributed by atoms with E-state index in [0.29, 0.717) is 0 Å². The molecule has 6 heteroatoms. The van der Waals surface area contributed by atoms with Crippen molar-refractivity contribution < 1.29 is 9.69 Å². The van der Waals surface area contributed by atoms with E-state index in [1.807, 2.05) is 23.1 Å². The normalized spacial score (nSPS) is 18.9. The van der Waals surface area contributed by atoms with Crippen LogP contribution in [0.25, 0.3) is 0 Å². The summed E-state index contributed by atoms with van der Waals surface area (Å²) in [6, 6.07) is 10.1. The van der Waals surface area contributed by atoms with E-state index in [4.69, 9.17) is 0 Å². The summed E-state index contributed by atoms with van der Waals surface area (Å²) in [5, 5.41) is 0. The second-order valence-corrected chi connectivity index (χ2v) is 6.78. The smallest absolute Gasteiger partial charge is 0.284 e. The van der Waals surface area contributed by atoms with Gasteiger partial charge in [-0.05, 0) is 31.0 Å². The van der Waals surface area contributed by atoms with Gasteiger partial charge in [0.05, 0.1) is 26.2 Å². The van der Waals surface area contributed by atoms with Gasteiger partial charge in [0.2, 0.25) is 5.95 Å². The third kappa shape index (κ3) is 3.09. The van der Waals surface area contributed by atoms with Gasteiger partial charge < -0.3 is 14.7 Å². The molecule has 1 aromatic heterocycles. The van der Waals surface area contributed by atoms with Crippen molar-refractivity contribution in [2.45, 2.75) is 19.4 Å². The highest BCUT2D eigenvalue weighted by atomic mass is 16.2. The fourth-order valence-corrected chi connectivity index (χ4v) is 3.86. The number of piperazine rings is 1. The molecule has 4 rings (SSSR count). The number of anilines is 2. The van der Waals surface area contributed by atoms with Gasteiger partial charge in [0.1, 0.15) is 0 Å². The van der Waals surface area contributed by atoms with E-state index in [2.05, 4.69) is 33.9 Å². The van der Waals surface area contributed by atoms with E-state index < -0.39 is 0 Å². The van der Waals surface area contributed by atoms with Gasteiger partial charge in [-0.3, -0.25) is 4.79 Å². The zero-order valence-corrected chi connectivity index (χ0v) is 14.6. The van der Waals surface area contributed by atoms with Gasteiger partial charge in [0, 0.05) is 24.6 Å². The van der Waals surface area contributed by atoms with Crippen LogP contribution in [0.4, 0.5) is 11.6 Å². The molecule has 1 aromatic carbocycles. The molecule has 2 aromatic rings. The monoisotopic (exact) mass is 338 g/mol. The van der Waals surface area contributed by atoms with E-state index in [-0.39, 0.29) is 11.9 Å². The number of para-hydroxylation sites is 1. The molecular weight excluding hydrogens is 314 g/mol. The van der Waals surface area contributed by atoms with Gasteiger partial charge in [0.25, 0.3) is 5.91 Å². The van der Waals surface area contributed by atoms with Crippen molar-refractivity contribution in [3.63, 3.8) is 0 Å². The molecular formula is C19H24N5O+. The second-order valence-electron chi connectivity index (χ2n) is 6.78. The number of hydrogen-bond acceptors (Lipinski definition) is 4. The zero-order valence-electron chi connectivity index (χ0n) is 14.6. The molecule has 2 aliphatic heterocycles. The molecule has 1 amide bonds. The van der Waals surface area contributed by atoms with Crippen LogP contribution in [0.1, 0.15) is 12.5 Å². The van der Waals surface area contributed by atoms with Crippen LogP contribution in [-0.2, 0) is 11.2 Å². The Hall–Kier alpha value is -2.47. The van der Waals surface area contributed by atoms with Gasteiger partial charge in [-0.2, -0.15) is 0 Å². The van der Waals surface area contributed by atoms with E-state index in [9.17, 15) is 4.79 Å². The molecule has 0 aliphatic carbocycles. The Bertz CT molecular complexity index is 742. The van der Waals surface area contributed by atoms with Crippen molar-refractivity contribution in [1.82, 2.24) is 9.97 Å². The number of carbonyl (C=O) groups is 1. The van der Waals surface area contributed by atoms with Crippen LogP contribution in [0.3, 0.4) is 0 Å². The first-order chi connectivity index (χ1) is 12.2. The molecule has 0 spiro atoms. The molecule has 25 heavy (non-hydrogen) atoms. The lowest BCUT2D eigenvalue weighted by Gasteiger charge is -2.35. The lowest BCUT2D eigenvalue weighted by Crippen LogP contribution is -3.19. The quantitative estimate of drug-likeness (QED) is 0.866. The number of benzene rings is 1. The lowest BCUT2D eigenvalue weighted by atomic mass is 10.1. The van der Waals surface area contributed by atoms with Crippen molar-refractivity contribution in [3.8, 4) is 0 Å². The Morgan fingerprint density at radius 1 is 1.08 bits per heavy atom. The number of aromatic nitrogens is 2. The highest BCUT2D eigenvalue weighted by Gasteiger charge is 2.35. The molecule has 0 saturated carbocycles. The van der Waals surface area contributed by atoms with E-state index >= 15 is 0 Å². The number of nitrogens with zero attached hydrogens (tertiary/aromatic N) is 4. The Kier molecular flexibility index (Phi) is 4.36. The van der Waals surface area contributed by atoms with Crippen LogP contribution in [0.5, 0.6) is 0 Å². The summed E-state index contributed by atoms with van der Waals surface area (Å²) < 4.78 is 0. The number of rotatable bonds is 3. The van der Waals surface area contributed by atoms with Crippen molar-refractivity contribution in [1.29, 1.82) is 0 Å². The van der Waals surface area contributed by atoms with Gasteiger partial charge in [0.15, 0.2) is 6.04 Å². The maximum atomic E-state index is 13.0. The van der Waals surface area contributed by atoms with Crippen LogP contribution < -0.4 is 14.7 Å². The first kappa shape index (κ1) is 16.0. The molecule has 0 unspecified atom stereocenters. The second kappa shape index (κ2) is 6.80. The third-order valence-corrected chi connectivity index (χ3v) is 5.38. The van der Waals surface area contributed by atoms with Crippen molar-refractivity contribution >= 4 is 17.5 Å². The summed E-state index contributed by atoms with van der Waals surface area (Å²) in [5.41, 5.74) is 2.37. The Labute approximate surface area is 148 Å². The maximum Gasteiger partial charge on any atom is 0.284 e. The number of carbonyl (C=O) groups excluding carboxylic acids is 1. The summed E-state index contributed by atoms with van der Waals surface area (Å²) in [5.74, 6) is 1.03. The van der Waals surface area contributed by atoms with E-state index in [1.165, 1.54) is 10.5 Å². The van der Waals surface area contributed by atoms with Crippen molar-refractivity contribution in [3.05, 3.63) is 48.3 Å². The summed E-state index contributed by atoms with van der Waals surface area (Å²) in [6.45, 7) is 6.50. The minimum atomic E-state index is -0.0232. The number of fused-ring (bicyclic) bond motifs is 1. The Morgan fingerprint density at radius 2 is 1.80 bits per heavy atom. The van der Waals surface area contributed by atoms with Gasteiger partial charge >= 0.3 is 0 Å². The number of quaternary nitrogens is 1. The summed E-state index contributed by atoms with van der Waals surface area (Å²) in [6.07, 6.45) is 4.51. The molecule has 3 heterocycles. The summed E-state index contributed by atoms with van der Waals surface area (Å²) in [4.78, 5) is 27.2. The fourth-order valence-electron chi connectivity index (χ4n) is 3.86. The lowest BCUT2D eigenvalue weighted by molar-refractivity contribution is -0.914. The van der Waals surface area contributed by atoms with Gasteiger partial charge in [-0.1, -0.05) is 18.2 Å². The van der Waals surface area contributed by atoms with E-state index in [0.717, 1.165) is 50.8 Å². The minimum Gasteiger partial charge on any atom is -0.330 e. The van der Waals surface area contributed by atoms with Gasteiger partial charge in [-0.15, -0.1) is 0 Å². The molecule has 6 nitrogen and oxygen atoms in total. The largest absolute Gasteiger partial charge is 0.330 e. The van der Waals surface area contributed by atoms with Crippen molar-refractivity contribution in [2.24, 2.45) is 0 Å². The van der Waals surface area contributed by atoms with Crippen LogP contribution in [0, 0.1) is 0 Å². The maximum absolute atomic E-state index is 13.0. The van der Waals surface area contributed by atoms with Crippen LogP contribution in [-0.4, -0.2) is 54.6 Å². The van der Waals surface area contributed by atoms with Crippen LogP contribution in [0.2, 0.25) is 0 Å². The van der Waals surface area contributed by atoms with Crippen LogP contribution in [0.15, 0.2) is 42.7 Å². The highest BCUT2D eigenvalue weighted by molar-refractivity contribution is 5.97. The molecule has 130 valence electrons. The standard InChI is InChI=1S/C19H23N5O/c1-15(18(25)24-10-7-16-5-2-3-6-17(16)24)22-11-13-23(14-12-22)19-20-8-4-9-21-19/h2-6,8-9,15H,7,10-14H2,1H3/p+1/t15-/m1/s1. The van der Waals surface area contributed by atoms with Gasteiger partial charge in [-0.25, -0.2) is 9.97 Å². The highest BCUT2D eigenvalue weighted by Crippen LogP contribution is 2.27. The Morgan fingerprint density at radius 3 is 2.56 bits per heavy atom. The molecule has 1 fully saturated rings. The molecule has 0 radical (unpaired) electrons. The number of nitrogens with one attached hydrogen (secondary N) is 1. The summed E-state index contributed by atoms with van der Waals surface area (Å²) in [7, 11) is 0. The fraction of sp³-hybridized carbons (Fsp3) is 0.421. The SMILES string of the molecule is C[C@H](C(=O)N1CCc2ccccc21)[NH+]1CCN(c2ncccn2)CC1. The zero-order chi connectivity index (χ0) is 17.2. The summed E-state index contributed by atoms with van der Waals surface area (Å²) >= 11 is 0. The minimum absolute atomic E-state index is 0.0232. The average Bonchev–Trinajstić information content (AvgIpc) is 3.12. The van der Waals surface area contributed by atoms with Crippen LogP contribution >= 0.6 is 0 Å². The topological polar surface area (TPSA) is 53.8 Å². The van der Waals surface area contributed by atoms with E-state index in [1.54, 1.807) is 12.4 Å². The molecule has 0 bridgehead atoms. The molecule has 2 aliphatic rings. The molecule has 1 saturated heterocycles. The first-order valence-electron chi connectivity index (χ1n) is 9.00. The predicted molar refractivity (Wildman–Crippen MR) is 96.9 cm³/mol. The number of amides is 1. The average molecular weight is 338 g/mol. The molecule has 1 N–H and O–H groups in total. The van der Waals surface area contributed by atoms with Crippen molar-refractivity contribution in [2.75, 3.05) is 42.5 Å². The Balaban J connectivity index is 1.39. The first-order valence-corrected chi connectivity index (χ1v) is 9.00. The predicted octanol–water partition coefficient (Wildman–Crippen LogP) is 0.159. The molecule has 1 atom stereocenters. The number of hydrogen-bond donors (Lipinski definition) is 1.